The fourth-order valence-corrected chi connectivity index (χ4v) is 3.54. The molecule has 1 amide bonds. The molecule has 0 unspecified atom stereocenters. The number of carbonyl (C=O) groups is 2. The second-order valence-electron chi connectivity index (χ2n) is 7.19. The van der Waals surface area contributed by atoms with Crippen molar-refractivity contribution in [3.8, 4) is 11.8 Å². The lowest BCUT2D eigenvalue weighted by Crippen LogP contribution is -2.17. The van der Waals surface area contributed by atoms with Crippen LogP contribution in [0.4, 0.5) is 5.69 Å². The van der Waals surface area contributed by atoms with Crippen molar-refractivity contribution in [2.75, 3.05) is 5.32 Å². The van der Waals surface area contributed by atoms with Gasteiger partial charge in [-0.3, -0.25) is 4.79 Å². The number of hydrogen-bond acceptors (Lipinski definition) is 4. The van der Waals surface area contributed by atoms with E-state index in [2.05, 4.69) is 5.32 Å². The van der Waals surface area contributed by atoms with Crippen LogP contribution in [-0.4, -0.2) is 21.6 Å². The molecule has 0 saturated carbocycles. The molecule has 0 bridgehead atoms. The van der Waals surface area contributed by atoms with Gasteiger partial charge in [0.15, 0.2) is 0 Å². The normalized spacial score (nSPS) is 10.5. The third kappa shape index (κ3) is 4.02. The molecule has 0 spiro atoms. The van der Waals surface area contributed by atoms with Crippen LogP contribution in [0.25, 0.3) is 10.9 Å². The van der Waals surface area contributed by atoms with Crippen molar-refractivity contribution in [1.29, 1.82) is 5.26 Å². The predicted molar refractivity (Wildman–Crippen MR) is 120 cm³/mol. The molecule has 0 aliphatic rings. The van der Waals surface area contributed by atoms with Gasteiger partial charge in [-0.1, -0.05) is 42.5 Å². The standard InChI is InChI=1S/C25H19N3O4/c1-28-21(24(29)27-20-11-10-17(14-26)12-19(20)25(30)31)13-18-8-5-9-22(23(18)28)32-15-16-6-3-2-4-7-16/h2-13H,15H2,1H3,(H,27,29)(H,30,31). The van der Waals surface area contributed by atoms with E-state index in [1.807, 2.05) is 54.6 Å². The number of aromatic carboxylic acids is 1. The average molecular weight is 425 g/mol. The number of anilines is 1. The highest BCUT2D eigenvalue weighted by Crippen LogP contribution is 2.29. The van der Waals surface area contributed by atoms with Crippen LogP contribution < -0.4 is 10.1 Å². The molecule has 0 aliphatic carbocycles. The van der Waals surface area contributed by atoms with Gasteiger partial charge >= 0.3 is 5.97 Å². The number of nitrogens with zero attached hydrogens (tertiary/aromatic N) is 2. The fourth-order valence-electron chi connectivity index (χ4n) is 3.54. The summed E-state index contributed by atoms with van der Waals surface area (Å²) in [5.41, 5.74) is 2.29. The van der Waals surface area contributed by atoms with Crippen LogP contribution in [0, 0.1) is 11.3 Å². The first-order valence-corrected chi connectivity index (χ1v) is 9.82. The third-order valence-electron chi connectivity index (χ3n) is 5.12. The molecule has 1 heterocycles. The van der Waals surface area contributed by atoms with Crippen LogP contribution in [0.1, 0.15) is 32.0 Å². The first-order chi connectivity index (χ1) is 15.5. The van der Waals surface area contributed by atoms with Gasteiger partial charge in [0, 0.05) is 12.4 Å². The van der Waals surface area contributed by atoms with E-state index in [1.54, 1.807) is 17.7 Å². The highest BCUT2D eigenvalue weighted by molar-refractivity contribution is 6.09. The van der Waals surface area contributed by atoms with Crippen molar-refractivity contribution in [2.24, 2.45) is 7.05 Å². The van der Waals surface area contributed by atoms with Gasteiger partial charge in [0.25, 0.3) is 5.91 Å². The summed E-state index contributed by atoms with van der Waals surface area (Å²) in [4.78, 5) is 24.6. The lowest BCUT2D eigenvalue weighted by Gasteiger charge is -2.11. The molecule has 7 nitrogen and oxygen atoms in total. The van der Waals surface area contributed by atoms with Crippen molar-refractivity contribution < 1.29 is 19.4 Å². The average Bonchev–Trinajstić information content (AvgIpc) is 3.15. The number of carboxylic acids is 1. The first kappa shape index (κ1) is 20.7. The minimum Gasteiger partial charge on any atom is -0.487 e. The molecule has 2 N–H and O–H groups in total. The highest BCUT2D eigenvalue weighted by atomic mass is 16.5. The Balaban J connectivity index is 1.64. The van der Waals surface area contributed by atoms with Crippen molar-refractivity contribution >= 4 is 28.5 Å². The lowest BCUT2D eigenvalue weighted by atomic mass is 10.1. The van der Waals surface area contributed by atoms with Crippen LogP contribution >= 0.6 is 0 Å². The number of rotatable bonds is 6. The Bertz CT molecular complexity index is 1370. The van der Waals surface area contributed by atoms with Crippen LogP contribution in [0.5, 0.6) is 5.75 Å². The Morgan fingerprint density at radius 2 is 1.84 bits per heavy atom. The predicted octanol–water partition coefficient (Wildman–Crippen LogP) is 4.58. The summed E-state index contributed by atoms with van der Waals surface area (Å²) in [6.45, 7) is 0.389. The maximum absolute atomic E-state index is 13.0. The molecular weight excluding hydrogens is 406 g/mol. The zero-order valence-corrected chi connectivity index (χ0v) is 17.2. The summed E-state index contributed by atoms with van der Waals surface area (Å²) in [7, 11) is 1.75. The zero-order chi connectivity index (χ0) is 22.7. The topological polar surface area (TPSA) is 104 Å². The molecule has 4 aromatic rings. The number of ether oxygens (including phenoxy) is 1. The van der Waals surface area contributed by atoms with Gasteiger partial charge in [0.05, 0.1) is 28.4 Å². The smallest absolute Gasteiger partial charge is 0.337 e. The minimum atomic E-state index is -1.23. The number of benzene rings is 3. The summed E-state index contributed by atoms with van der Waals surface area (Å²) in [6, 6.07) is 23.1. The summed E-state index contributed by atoms with van der Waals surface area (Å²) < 4.78 is 7.73. The number of aromatic nitrogens is 1. The SMILES string of the molecule is Cn1c(C(=O)Nc2ccc(C#N)cc2C(=O)O)cc2cccc(OCc3ccccc3)c21. The van der Waals surface area contributed by atoms with Gasteiger partial charge < -0.3 is 19.7 Å². The number of fused-ring (bicyclic) bond motifs is 1. The Morgan fingerprint density at radius 1 is 1.06 bits per heavy atom. The molecular formula is C25H19N3O4. The lowest BCUT2D eigenvalue weighted by molar-refractivity contribution is 0.0698. The van der Waals surface area contributed by atoms with E-state index >= 15 is 0 Å². The van der Waals surface area contributed by atoms with E-state index in [0.29, 0.717) is 18.1 Å². The summed E-state index contributed by atoms with van der Waals surface area (Å²) in [5, 5.41) is 21.9. The second-order valence-corrected chi connectivity index (χ2v) is 7.19. The fraction of sp³-hybridized carbons (Fsp3) is 0.0800. The Morgan fingerprint density at radius 3 is 2.56 bits per heavy atom. The van der Waals surface area contributed by atoms with Crippen molar-refractivity contribution in [3.05, 3.63) is 95.2 Å². The van der Waals surface area contributed by atoms with Crippen LogP contribution in [0.2, 0.25) is 0 Å². The Kier molecular flexibility index (Phi) is 5.60. The van der Waals surface area contributed by atoms with E-state index in [-0.39, 0.29) is 16.8 Å². The van der Waals surface area contributed by atoms with Gasteiger partial charge in [-0.15, -0.1) is 0 Å². The van der Waals surface area contributed by atoms with Crippen LogP contribution in [0.3, 0.4) is 0 Å². The summed E-state index contributed by atoms with van der Waals surface area (Å²) in [5.74, 6) is -1.06. The molecule has 0 fully saturated rings. The molecule has 158 valence electrons. The third-order valence-corrected chi connectivity index (χ3v) is 5.12. The second kappa shape index (κ2) is 8.66. The molecule has 0 radical (unpaired) electrons. The van der Waals surface area contributed by atoms with Crippen LogP contribution in [0.15, 0.2) is 72.8 Å². The molecule has 32 heavy (non-hydrogen) atoms. The van der Waals surface area contributed by atoms with Gasteiger partial charge in [0.1, 0.15) is 18.1 Å². The molecule has 0 saturated heterocycles. The molecule has 0 atom stereocenters. The van der Waals surface area contributed by atoms with Gasteiger partial charge in [-0.25, -0.2) is 4.79 Å². The molecule has 3 aromatic carbocycles. The maximum atomic E-state index is 13.0. The summed E-state index contributed by atoms with van der Waals surface area (Å²) in [6.07, 6.45) is 0. The van der Waals surface area contributed by atoms with Gasteiger partial charge in [0.2, 0.25) is 0 Å². The molecule has 7 heteroatoms. The minimum absolute atomic E-state index is 0.118. The number of carbonyl (C=O) groups excluding carboxylic acids is 1. The van der Waals surface area contributed by atoms with Crippen molar-refractivity contribution in [2.45, 2.75) is 6.61 Å². The quantitative estimate of drug-likeness (QED) is 0.471. The van der Waals surface area contributed by atoms with Crippen LogP contribution in [-0.2, 0) is 13.7 Å². The maximum Gasteiger partial charge on any atom is 0.337 e. The number of aryl methyl sites for hydroxylation is 1. The largest absolute Gasteiger partial charge is 0.487 e. The van der Waals surface area contributed by atoms with E-state index in [1.165, 1.54) is 18.2 Å². The number of nitriles is 1. The van der Waals surface area contributed by atoms with E-state index < -0.39 is 11.9 Å². The molecule has 4 rings (SSSR count). The molecule has 0 aliphatic heterocycles. The Labute approximate surface area is 184 Å². The van der Waals surface area contributed by atoms with Crippen molar-refractivity contribution in [3.63, 3.8) is 0 Å². The zero-order valence-electron chi connectivity index (χ0n) is 17.2. The van der Waals surface area contributed by atoms with E-state index in [4.69, 9.17) is 10.00 Å². The number of carboxylic acid groups (broad SMARTS) is 1. The number of para-hydroxylation sites is 1. The number of hydrogen-bond donors (Lipinski definition) is 2. The van der Waals surface area contributed by atoms with E-state index in [9.17, 15) is 14.7 Å². The highest BCUT2D eigenvalue weighted by Gasteiger charge is 2.19. The first-order valence-electron chi connectivity index (χ1n) is 9.82. The van der Waals surface area contributed by atoms with E-state index in [0.717, 1.165) is 16.5 Å². The summed E-state index contributed by atoms with van der Waals surface area (Å²) >= 11 is 0. The monoisotopic (exact) mass is 425 g/mol. The van der Waals surface area contributed by atoms with Gasteiger partial charge in [-0.05, 0) is 35.9 Å². The van der Waals surface area contributed by atoms with Gasteiger partial charge in [-0.2, -0.15) is 5.26 Å². The number of nitrogens with one attached hydrogen (secondary N) is 1. The number of amides is 1. The van der Waals surface area contributed by atoms with Crippen molar-refractivity contribution in [1.82, 2.24) is 4.57 Å². The Hall–Kier alpha value is -4.57. The molecule has 1 aromatic heterocycles.